The third-order valence-corrected chi connectivity index (χ3v) is 3.70. The Kier molecular flexibility index (Phi) is 2.52. The summed E-state index contributed by atoms with van der Waals surface area (Å²) < 4.78 is 2.07. The van der Waals surface area contributed by atoms with Gasteiger partial charge in [-0.1, -0.05) is 12.1 Å². The van der Waals surface area contributed by atoms with Gasteiger partial charge in [-0.3, -0.25) is 9.78 Å². The van der Waals surface area contributed by atoms with Crippen molar-refractivity contribution < 1.29 is 9.90 Å². The van der Waals surface area contributed by atoms with E-state index in [1.165, 1.54) is 0 Å². The predicted octanol–water partition coefficient (Wildman–Crippen LogP) is 2.91. The fraction of sp³-hybridized carbons (Fsp3) is 0.200. The van der Waals surface area contributed by atoms with Crippen LogP contribution >= 0.6 is 0 Å². The number of carbonyl (C=O) groups is 1. The molecule has 3 rings (SSSR count). The molecule has 0 aliphatic rings. The van der Waals surface area contributed by atoms with Crippen molar-refractivity contribution in [3.05, 3.63) is 42.2 Å². The predicted molar refractivity (Wildman–Crippen MR) is 74.3 cm³/mol. The Labute approximate surface area is 110 Å². The fourth-order valence-electron chi connectivity index (χ4n) is 2.48. The number of aromatic nitrogens is 2. The van der Waals surface area contributed by atoms with Crippen LogP contribution in [-0.4, -0.2) is 20.6 Å². The Balaban J connectivity index is 2.32. The molecule has 4 heteroatoms. The number of fused-ring (bicyclic) bond motifs is 3. The smallest absolute Gasteiger partial charge is 0.310 e. The van der Waals surface area contributed by atoms with Gasteiger partial charge >= 0.3 is 5.97 Å². The fourth-order valence-corrected chi connectivity index (χ4v) is 2.48. The standard InChI is InChI=1S/C15H14N2O2/c1-9(15(18)19)10-3-4-11-12-8-16-6-5-13(12)17(2)14(11)7-10/h3-9H,1-2H3,(H,18,19). The van der Waals surface area contributed by atoms with E-state index in [1.807, 2.05) is 37.5 Å². The van der Waals surface area contributed by atoms with Crippen LogP contribution in [0.2, 0.25) is 0 Å². The van der Waals surface area contributed by atoms with Crippen molar-refractivity contribution in [2.24, 2.45) is 7.05 Å². The van der Waals surface area contributed by atoms with Gasteiger partial charge in [0.1, 0.15) is 0 Å². The Bertz CT molecular complexity index is 789. The van der Waals surface area contributed by atoms with Crippen molar-refractivity contribution >= 4 is 27.8 Å². The van der Waals surface area contributed by atoms with Gasteiger partial charge in [-0.25, -0.2) is 0 Å². The minimum Gasteiger partial charge on any atom is -0.481 e. The number of aryl methyl sites for hydroxylation is 1. The number of carboxylic acids is 1. The topological polar surface area (TPSA) is 55.1 Å². The second-order valence-electron chi connectivity index (χ2n) is 4.79. The van der Waals surface area contributed by atoms with Gasteiger partial charge in [-0.05, 0) is 24.6 Å². The second kappa shape index (κ2) is 4.09. The van der Waals surface area contributed by atoms with Gasteiger partial charge in [0.25, 0.3) is 0 Å². The van der Waals surface area contributed by atoms with Gasteiger partial charge in [-0.2, -0.15) is 0 Å². The molecular weight excluding hydrogens is 240 g/mol. The molecule has 0 spiro atoms. The van der Waals surface area contributed by atoms with Gasteiger partial charge in [0.15, 0.2) is 0 Å². The van der Waals surface area contributed by atoms with Crippen LogP contribution in [0.1, 0.15) is 18.4 Å². The van der Waals surface area contributed by atoms with E-state index < -0.39 is 11.9 Å². The number of carboxylic acid groups (broad SMARTS) is 1. The Morgan fingerprint density at radius 1 is 1.26 bits per heavy atom. The molecule has 0 aliphatic carbocycles. The first kappa shape index (κ1) is 11.7. The highest BCUT2D eigenvalue weighted by atomic mass is 16.4. The van der Waals surface area contributed by atoms with Crippen molar-refractivity contribution in [2.45, 2.75) is 12.8 Å². The third kappa shape index (κ3) is 1.68. The monoisotopic (exact) mass is 254 g/mol. The summed E-state index contributed by atoms with van der Waals surface area (Å²) in [5, 5.41) is 11.3. The lowest BCUT2D eigenvalue weighted by Gasteiger charge is -2.07. The first-order valence-electron chi connectivity index (χ1n) is 6.14. The van der Waals surface area contributed by atoms with Crippen molar-refractivity contribution in [1.82, 2.24) is 9.55 Å². The SMILES string of the molecule is CC(C(=O)O)c1ccc2c3cnccc3n(C)c2c1. The minimum atomic E-state index is -0.806. The molecule has 1 aromatic carbocycles. The van der Waals surface area contributed by atoms with Crippen molar-refractivity contribution in [3.63, 3.8) is 0 Å². The number of benzene rings is 1. The molecule has 1 N–H and O–H groups in total. The summed E-state index contributed by atoms with van der Waals surface area (Å²) in [6.07, 6.45) is 3.61. The summed E-state index contributed by atoms with van der Waals surface area (Å²) in [5.74, 6) is -1.31. The van der Waals surface area contributed by atoms with Crippen LogP contribution in [0.25, 0.3) is 21.8 Å². The maximum absolute atomic E-state index is 11.1. The maximum atomic E-state index is 11.1. The molecule has 19 heavy (non-hydrogen) atoms. The molecule has 96 valence electrons. The highest BCUT2D eigenvalue weighted by molar-refractivity contribution is 6.07. The number of nitrogens with zero attached hydrogens (tertiary/aromatic N) is 2. The number of hydrogen-bond acceptors (Lipinski definition) is 2. The molecule has 4 nitrogen and oxygen atoms in total. The van der Waals surface area contributed by atoms with Gasteiger partial charge in [-0.15, -0.1) is 0 Å². The average molecular weight is 254 g/mol. The van der Waals surface area contributed by atoms with Crippen LogP contribution in [-0.2, 0) is 11.8 Å². The number of rotatable bonds is 2. The molecule has 1 unspecified atom stereocenters. The summed E-state index contributed by atoms with van der Waals surface area (Å²) in [7, 11) is 1.99. The molecule has 2 heterocycles. The Morgan fingerprint density at radius 2 is 2.05 bits per heavy atom. The minimum absolute atomic E-state index is 0.500. The molecule has 0 saturated heterocycles. The molecule has 0 radical (unpaired) electrons. The van der Waals surface area contributed by atoms with Gasteiger partial charge < -0.3 is 9.67 Å². The first-order valence-corrected chi connectivity index (χ1v) is 6.14. The lowest BCUT2D eigenvalue weighted by molar-refractivity contribution is -0.138. The average Bonchev–Trinajstić information content (AvgIpc) is 2.72. The molecule has 0 aliphatic heterocycles. The largest absolute Gasteiger partial charge is 0.481 e. The highest BCUT2D eigenvalue weighted by Gasteiger charge is 2.16. The summed E-state index contributed by atoms with van der Waals surface area (Å²) in [4.78, 5) is 15.2. The van der Waals surface area contributed by atoms with E-state index in [4.69, 9.17) is 5.11 Å². The van der Waals surface area contributed by atoms with Gasteiger partial charge in [0, 0.05) is 35.7 Å². The lowest BCUT2D eigenvalue weighted by Crippen LogP contribution is -2.07. The van der Waals surface area contributed by atoms with E-state index in [0.717, 1.165) is 27.4 Å². The zero-order chi connectivity index (χ0) is 13.6. The molecule has 0 bridgehead atoms. The van der Waals surface area contributed by atoms with Crippen LogP contribution in [0.4, 0.5) is 0 Å². The van der Waals surface area contributed by atoms with Gasteiger partial charge in [0.05, 0.1) is 11.4 Å². The first-order chi connectivity index (χ1) is 9.09. The van der Waals surface area contributed by atoms with E-state index >= 15 is 0 Å². The quantitative estimate of drug-likeness (QED) is 0.765. The maximum Gasteiger partial charge on any atom is 0.310 e. The van der Waals surface area contributed by atoms with Crippen molar-refractivity contribution in [2.75, 3.05) is 0 Å². The van der Waals surface area contributed by atoms with Crippen molar-refractivity contribution in [3.8, 4) is 0 Å². The summed E-state index contributed by atoms with van der Waals surface area (Å²) >= 11 is 0. The van der Waals surface area contributed by atoms with E-state index in [-0.39, 0.29) is 0 Å². The van der Waals surface area contributed by atoms with E-state index in [0.29, 0.717) is 0 Å². The van der Waals surface area contributed by atoms with Crippen LogP contribution in [0.3, 0.4) is 0 Å². The van der Waals surface area contributed by atoms with Crippen LogP contribution in [0, 0.1) is 0 Å². The van der Waals surface area contributed by atoms with Crippen molar-refractivity contribution in [1.29, 1.82) is 0 Å². The van der Waals surface area contributed by atoms with Crippen LogP contribution < -0.4 is 0 Å². The lowest BCUT2D eigenvalue weighted by atomic mass is 10.00. The summed E-state index contributed by atoms with van der Waals surface area (Å²) in [6.45, 7) is 1.70. The van der Waals surface area contributed by atoms with E-state index in [1.54, 1.807) is 13.1 Å². The Morgan fingerprint density at radius 3 is 2.79 bits per heavy atom. The second-order valence-corrected chi connectivity index (χ2v) is 4.79. The number of pyridine rings is 1. The molecule has 0 saturated carbocycles. The molecule has 3 aromatic rings. The van der Waals surface area contributed by atoms with Crippen LogP contribution in [0.5, 0.6) is 0 Å². The molecule has 0 amide bonds. The number of aliphatic carboxylic acids is 1. The summed E-state index contributed by atoms with van der Waals surface area (Å²) in [5.41, 5.74) is 2.96. The number of hydrogen-bond donors (Lipinski definition) is 1. The highest BCUT2D eigenvalue weighted by Crippen LogP contribution is 2.29. The zero-order valence-corrected chi connectivity index (χ0v) is 10.8. The van der Waals surface area contributed by atoms with E-state index in [9.17, 15) is 4.79 Å². The zero-order valence-electron chi connectivity index (χ0n) is 10.8. The molecular formula is C15H14N2O2. The normalized spacial score (nSPS) is 12.9. The molecule has 2 aromatic heterocycles. The molecule has 1 atom stereocenters. The summed E-state index contributed by atoms with van der Waals surface area (Å²) in [6, 6.07) is 7.78. The molecule has 0 fully saturated rings. The van der Waals surface area contributed by atoms with E-state index in [2.05, 4.69) is 9.55 Å². The third-order valence-electron chi connectivity index (χ3n) is 3.70. The van der Waals surface area contributed by atoms with Gasteiger partial charge in [0.2, 0.25) is 0 Å². The Hall–Kier alpha value is -2.36. The van der Waals surface area contributed by atoms with Crippen LogP contribution in [0.15, 0.2) is 36.7 Å².